The second-order valence-corrected chi connectivity index (χ2v) is 6.17. The largest absolute Gasteiger partial charge is 0.496 e. The number of hydrogen-bond acceptors (Lipinski definition) is 4. The van der Waals surface area contributed by atoms with Crippen molar-refractivity contribution in [3.8, 4) is 11.5 Å². The number of carbonyl (C=O) groups excluding carboxylic acids is 1. The summed E-state index contributed by atoms with van der Waals surface area (Å²) in [6.45, 7) is 6.57. The van der Waals surface area contributed by atoms with Crippen LogP contribution in [-0.4, -0.2) is 37.0 Å². The van der Waals surface area contributed by atoms with Crippen LogP contribution in [0.1, 0.15) is 20.8 Å². The molecule has 0 aliphatic heterocycles. The molecular formula is C17H24N2O4. The third-order valence-corrected chi connectivity index (χ3v) is 3.31. The second-order valence-electron chi connectivity index (χ2n) is 6.17. The zero-order valence-corrected chi connectivity index (χ0v) is 14.3. The highest BCUT2D eigenvalue weighted by atomic mass is 16.6. The van der Waals surface area contributed by atoms with Crippen LogP contribution in [0.3, 0.4) is 0 Å². The Bertz CT molecular complexity index is 686. The van der Waals surface area contributed by atoms with E-state index in [-0.39, 0.29) is 0 Å². The van der Waals surface area contributed by atoms with Gasteiger partial charge in [0, 0.05) is 24.7 Å². The molecule has 2 aromatic rings. The van der Waals surface area contributed by atoms with Crippen LogP contribution in [-0.2, 0) is 11.3 Å². The van der Waals surface area contributed by atoms with E-state index in [1.165, 1.54) is 0 Å². The van der Waals surface area contributed by atoms with Crippen molar-refractivity contribution in [2.45, 2.75) is 32.9 Å². The average molecular weight is 320 g/mol. The lowest BCUT2D eigenvalue weighted by Gasteiger charge is -2.19. The van der Waals surface area contributed by atoms with Gasteiger partial charge >= 0.3 is 6.09 Å². The molecule has 0 saturated carbocycles. The first-order valence-corrected chi connectivity index (χ1v) is 7.52. The minimum atomic E-state index is -0.499. The van der Waals surface area contributed by atoms with Gasteiger partial charge in [0.1, 0.15) is 17.1 Å². The van der Waals surface area contributed by atoms with Crippen molar-refractivity contribution in [3.05, 3.63) is 24.4 Å². The molecule has 1 N–H and O–H groups in total. The summed E-state index contributed by atoms with van der Waals surface area (Å²) < 4.78 is 18.1. The summed E-state index contributed by atoms with van der Waals surface area (Å²) in [6.07, 6.45) is 1.53. The van der Waals surface area contributed by atoms with Gasteiger partial charge in [0.25, 0.3) is 0 Å². The number of methoxy groups -OCH3 is 2. The molecule has 0 unspecified atom stereocenters. The summed E-state index contributed by atoms with van der Waals surface area (Å²) in [4.78, 5) is 11.7. The van der Waals surface area contributed by atoms with Crippen molar-refractivity contribution < 1.29 is 19.0 Å². The van der Waals surface area contributed by atoms with Crippen LogP contribution in [0.25, 0.3) is 10.9 Å². The first-order valence-electron chi connectivity index (χ1n) is 7.52. The maximum absolute atomic E-state index is 11.7. The van der Waals surface area contributed by atoms with Gasteiger partial charge in [0.05, 0.1) is 19.7 Å². The van der Waals surface area contributed by atoms with Gasteiger partial charge in [-0.3, -0.25) is 0 Å². The van der Waals surface area contributed by atoms with E-state index in [0.717, 1.165) is 22.4 Å². The third-order valence-electron chi connectivity index (χ3n) is 3.31. The molecule has 0 aliphatic rings. The van der Waals surface area contributed by atoms with E-state index in [1.54, 1.807) is 14.2 Å². The smallest absolute Gasteiger partial charge is 0.407 e. The van der Waals surface area contributed by atoms with Crippen molar-refractivity contribution in [1.82, 2.24) is 9.88 Å². The summed E-state index contributed by atoms with van der Waals surface area (Å²) in [5, 5.41) is 3.73. The van der Waals surface area contributed by atoms with E-state index in [9.17, 15) is 4.79 Å². The molecule has 6 heteroatoms. The molecule has 0 atom stereocenters. The van der Waals surface area contributed by atoms with E-state index in [2.05, 4.69) is 5.32 Å². The predicted octanol–water partition coefficient (Wildman–Crippen LogP) is 3.18. The Morgan fingerprint density at radius 3 is 2.39 bits per heavy atom. The normalized spacial score (nSPS) is 11.3. The zero-order chi connectivity index (χ0) is 17.0. The summed E-state index contributed by atoms with van der Waals surface area (Å²) >= 11 is 0. The van der Waals surface area contributed by atoms with Crippen LogP contribution in [0.2, 0.25) is 0 Å². The average Bonchev–Trinajstić information content (AvgIpc) is 2.89. The van der Waals surface area contributed by atoms with Crippen molar-refractivity contribution in [1.29, 1.82) is 0 Å². The Balaban J connectivity index is 2.10. The number of fused-ring (bicyclic) bond motifs is 1. The van der Waals surface area contributed by atoms with Gasteiger partial charge in [-0.2, -0.15) is 0 Å². The van der Waals surface area contributed by atoms with Gasteiger partial charge in [0.2, 0.25) is 0 Å². The molecule has 1 aromatic carbocycles. The molecule has 0 bridgehead atoms. The Labute approximate surface area is 136 Å². The Morgan fingerprint density at radius 2 is 1.78 bits per heavy atom. The van der Waals surface area contributed by atoms with E-state index < -0.39 is 11.7 Å². The summed E-state index contributed by atoms with van der Waals surface area (Å²) in [5.74, 6) is 1.56. The number of benzene rings is 1. The van der Waals surface area contributed by atoms with Crippen molar-refractivity contribution in [2.75, 3.05) is 20.8 Å². The molecule has 126 valence electrons. The van der Waals surface area contributed by atoms with E-state index in [4.69, 9.17) is 14.2 Å². The number of carbonyl (C=O) groups is 1. The minimum Gasteiger partial charge on any atom is -0.496 e. The Morgan fingerprint density at radius 1 is 1.13 bits per heavy atom. The van der Waals surface area contributed by atoms with Crippen LogP contribution in [0, 0.1) is 0 Å². The molecule has 1 amide bonds. The predicted molar refractivity (Wildman–Crippen MR) is 89.3 cm³/mol. The van der Waals surface area contributed by atoms with Gasteiger partial charge in [-0.15, -0.1) is 0 Å². The van der Waals surface area contributed by atoms with Crippen LogP contribution < -0.4 is 14.8 Å². The lowest BCUT2D eigenvalue weighted by molar-refractivity contribution is 0.0526. The van der Waals surface area contributed by atoms with E-state index >= 15 is 0 Å². The van der Waals surface area contributed by atoms with Gasteiger partial charge < -0.3 is 24.1 Å². The molecule has 23 heavy (non-hydrogen) atoms. The van der Waals surface area contributed by atoms with Gasteiger partial charge in [0.15, 0.2) is 0 Å². The lowest BCUT2D eigenvalue weighted by atomic mass is 10.2. The molecular weight excluding hydrogens is 296 g/mol. The molecule has 0 spiro atoms. The quantitative estimate of drug-likeness (QED) is 0.919. The van der Waals surface area contributed by atoms with Gasteiger partial charge in [-0.25, -0.2) is 4.79 Å². The number of nitrogens with zero attached hydrogens (tertiary/aromatic N) is 1. The molecule has 6 nitrogen and oxygen atoms in total. The molecule has 0 aliphatic carbocycles. The van der Waals surface area contributed by atoms with Crippen LogP contribution in [0.15, 0.2) is 24.4 Å². The number of nitrogens with one attached hydrogen (secondary N) is 1. The summed E-state index contributed by atoms with van der Waals surface area (Å²) in [5.41, 5.74) is 0.443. The van der Waals surface area contributed by atoms with Crippen molar-refractivity contribution in [3.63, 3.8) is 0 Å². The van der Waals surface area contributed by atoms with Crippen LogP contribution in [0.5, 0.6) is 11.5 Å². The topological polar surface area (TPSA) is 61.7 Å². The third kappa shape index (κ3) is 4.09. The molecule has 0 saturated heterocycles. The second kappa shape index (κ2) is 6.81. The number of amides is 1. The Kier molecular flexibility index (Phi) is 5.03. The number of alkyl carbamates (subject to hydrolysis) is 1. The maximum atomic E-state index is 11.7. The number of aromatic nitrogens is 1. The molecule has 0 radical (unpaired) electrons. The molecule has 0 fully saturated rings. The fourth-order valence-corrected chi connectivity index (χ4v) is 2.39. The fourth-order valence-electron chi connectivity index (χ4n) is 2.39. The first-order chi connectivity index (χ1) is 10.9. The van der Waals surface area contributed by atoms with Crippen molar-refractivity contribution in [2.24, 2.45) is 0 Å². The summed E-state index contributed by atoms with van der Waals surface area (Å²) in [7, 11) is 3.28. The standard InChI is InChI=1S/C17H24N2O4/c1-17(2,3)23-16(20)18-9-11-19-10-8-12-13(21-4)6-7-14(22-5)15(12)19/h6-8,10H,9,11H2,1-5H3,(H,18,20). The summed E-state index contributed by atoms with van der Waals surface area (Å²) in [6, 6.07) is 5.73. The Hall–Kier alpha value is -2.37. The lowest BCUT2D eigenvalue weighted by Crippen LogP contribution is -2.34. The van der Waals surface area contributed by atoms with Gasteiger partial charge in [-0.1, -0.05) is 0 Å². The highest BCUT2D eigenvalue weighted by Gasteiger charge is 2.16. The van der Waals surface area contributed by atoms with Crippen LogP contribution >= 0.6 is 0 Å². The van der Waals surface area contributed by atoms with E-state index in [0.29, 0.717) is 13.1 Å². The highest BCUT2D eigenvalue weighted by molar-refractivity contribution is 5.91. The molecule has 2 rings (SSSR count). The first kappa shape index (κ1) is 17.0. The molecule has 1 heterocycles. The van der Waals surface area contributed by atoms with Gasteiger partial charge in [-0.05, 0) is 39.0 Å². The minimum absolute atomic E-state index is 0.418. The number of hydrogen-bond donors (Lipinski definition) is 1. The zero-order valence-electron chi connectivity index (χ0n) is 14.3. The van der Waals surface area contributed by atoms with E-state index in [1.807, 2.05) is 49.7 Å². The number of rotatable bonds is 5. The van der Waals surface area contributed by atoms with Crippen LogP contribution in [0.4, 0.5) is 4.79 Å². The number of ether oxygens (including phenoxy) is 3. The fraction of sp³-hybridized carbons (Fsp3) is 0.471. The monoisotopic (exact) mass is 320 g/mol. The highest BCUT2D eigenvalue weighted by Crippen LogP contribution is 2.33. The maximum Gasteiger partial charge on any atom is 0.407 e. The SMILES string of the molecule is COc1ccc(OC)c2c1ccn2CCNC(=O)OC(C)(C)C. The van der Waals surface area contributed by atoms with Crippen molar-refractivity contribution >= 4 is 17.0 Å². The molecule has 1 aromatic heterocycles.